The number of aryl methyl sites for hydroxylation is 3. The first-order valence-corrected chi connectivity index (χ1v) is 11.5. The Labute approximate surface area is 192 Å². The van der Waals surface area contributed by atoms with Gasteiger partial charge >= 0.3 is 0 Å². The van der Waals surface area contributed by atoms with Crippen molar-refractivity contribution < 1.29 is 14.3 Å². The Balaban J connectivity index is 1.67. The second-order valence-corrected chi connectivity index (χ2v) is 9.46. The Morgan fingerprint density at radius 2 is 1.97 bits per heavy atom. The number of aromatic nitrogens is 1. The molecule has 0 bridgehead atoms. The molecule has 2 amide bonds. The van der Waals surface area contributed by atoms with Crippen LogP contribution in [0.4, 0.5) is 11.4 Å². The van der Waals surface area contributed by atoms with Crippen LogP contribution in [0.5, 0.6) is 5.75 Å². The van der Waals surface area contributed by atoms with Gasteiger partial charge in [0.15, 0.2) is 6.10 Å². The molecule has 1 aliphatic heterocycles. The minimum absolute atomic E-state index is 0.0857. The van der Waals surface area contributed by atoms with Crippen molar-refractivity contribution in [1.82, 2.24) is 4.98 Å². The van der Waals surface area contributed by atoms with Crippen LogP contribution in [0, 0.1) is 27.7 Å². The maximum atomic E-state index is 13.2. The summed E-state index contributed by atoms with van der Waals surface area (Å²) in [6, 6.07) is 11.5. The van der Waals surface area contributed by atoms with Gasteiger partial charge in [0.25, 0.3) is 5.91 Å². The highest BCUT2D eigenvalue weighted by Gasteiger charge is 2.35. The number of ether oxygens (including phenoxy) is 1. The zero-order valence-corrected chi connectivity index (χ0v) is 19.8. The molecule has 4 rings (SSSR count). The van der Waals surface area contributed by atoms with Crippen LogP contribution < -0.4 is 15.0 Å². The number of fused-ring (bicyclic) bond motifs is 1. The van der Waals surface area contributed by atoms with Crippen molar-refractivity contribution in [2.24, 2.45) is 0 Å². The minimum Gasteiger partial charge on any atom is -0.478 e. The van der Waals surface area contributed by atoms with Gasteiger partial charge in [0.2, 0.25) is 5.91 Å². The Morgan fingerprint density at radius 3 is 2.66 bits per heavy atom. The SMILES string of the molecule is CCC1Oc2ccc(-c3nc(C)sc3C)cc2N(CC(=O)Nc2cccc(C)c2C)C1=O. The van der Waals surface area contributed by atoms with Crippen LogP contribution in [0.15, 0.2) is 36.4 Å². The van der Waals surface area contributed by atoms with Crippen molar-refractivity contribution in [3.8, 4) is 17.0 Å². The summed E-state index contributed by atoms with van der Waals surface area (Å²) in [5.74, 6) is 0.143. The van der Waals surface area contributed by atoms with Crippen LogP contribution >= 0.6 is 11.3 Å². The zero-order valence-electron chi connectivity index (χ0n) is 19.0. The average Bonchev–Trinajstić information content (AvgIpc) is 3.10. The first-order chi connectivity index (χ1) is 15.3. The van der Waals surface area contributed by atoms with Crippen LogP contribution in [-0.2, 0) is 9.59 Å². The monoisotopic (exact) mass is 449 g/mol. The smallest absolute Gasteiger partial charge is 0.268 e. The summed E-state index contributed by atoms with van der Waals surface area (Å²) in [6.45, 7) is 9.79. The Bertz CT molecular complexity index is 1200. The van der Waals surface area contributed by atoms with Crippen molar-refractivity contribution in [2.75, 3.05) is 16.8 Å². The van der Waals surface area contributed by atoms with Crippen LogP contribution in [0.1, 0.15) is 34.4 Å². The molecule has 1 atom stereocenters. The topological polar surface area (TPSA) is 71.5 Å². The maximum Gasteiger partial charge on any atom is 0.268 e. The van der Waals surface area contributed by atoms with Gasteiger partial charge in [0, 0.05) is 16.1 Å². The lowest BCUT2D eigenvalue weighted by atomic mass is 10.1. The fourth-order valence-corrected chi connectivity index (χ4v) is 4.75. The summed E-state index contributed by atoms with van der Waals surface area (Å²) in [5, 5.41) is 3.94. The number of hydrogen-bond donors (Lipinski definition) is 1. The van der Waals surface area contributed by atoms with E-state index in [-0.39, 0.29) is 18.4 Å². The molecule has 0 fully saturated rings. The van der Waals surface area contributed by atoms with Gasteiger partial charge in [-0.25, -0.2) is 4.98 Å². The quantitative estimate of drug-likeness (QED) is 0.582. The first-order valence-electron chi connectivity index (χ1n) is 10.7. The zero-order chi connectivity index (χ0) is 23.0. The number of rotatable bonds is 5. The molecule has 0 saturated carbocycles. The summed E-state index contributed by atoms with van der Waals surface area (Å²) >= 11 is 1.63. The Kier molecular flexibility index (Phi) is 6.02. The van der Waals surface area contributed by atoms with Crippen LogP contribution in [0.3, 0.4) is 0 Å². The lowest BCUT2D eigenvalue weighted by Crippen LogP contribution is -2.48. The number of nitrogens with one attached hydrogen (secondary N) is 1. The van der Waals surface area contributed by atoms with Crippen molar-refractivity contribution in [2.45, 2.75) is 47.1 Å². The molecule has 0 spiro atoms. The normalized spacial score (nSPS) is 15.3. The van der Waals surface area contributed by atoms with Gasteiger partial charge in [-0.2, -0.15) is 0 Å². The summed E-state index contributed by atoms with van der Waals surface area (Å²) in [4.78, 5) is 33.4. The third-order valence-corrected chi connectivity index (χ3v) is 6.67. The molecule has 0 saturated heterocycles. The van der Waals surface area contributed by atoms with Gasteiger partial charge in [0.05, 0.1) is 16.4 Å². The van der Waals surface area contributed by atoms with Gasteiger partial charge < -0.3 is 10.1 Å². The van der Waals surface area contributed by atoms with E-state index in [0.29, 0.717) is 17.9 Å². The second kappa shape index (κ2) is 8.74. The summed E-state index contributed by atoms with van der Waals surface area (Å²) < 4.78 is 5.94. The molecule has 32 heavy (non-hydrogen) atoms. The van der Waals surface area contributed by atoms with Gasteiger partial charge in [-0.05, 0) is 69.5 Å². The highest BCUT2D eigenvalue weighted by atomic mass is 32.1. The molecule has 6 nitrogen and oxygen atoms in total. The molecular weight excluding hydrogens is 422 g/mol. The highest BCUT2D eigenvalue weighted by Crippen LogP contribution is 2.39. The molecule has 2 heterocycles. The van der Waals surface area contributed by atoms with E-state index in [1.54, 1.807) is 11.3 Å². The highest BCUT2D eigenvalue weighted by molar-refractivity contribution is 7.11. The fourth-order valence-electron chi connectivity index (χ4n) is 3.91. The third-order valence-electron chi connectivity index (χ3n) is 5.79. The lowest BCUT2D eigenvalue weighted by molar-refractivity contribution is -0.128. The van der Waals surface area contributed by atoms with Crippen LogP contribution in [0.25, 0.3) is 11.3 Å². The van der Waals surface area contributed by atoms with E-state index in [1.165, 1.54) is 4.90 Å². The molecule has 1 unspecified atom stereocenters. The molecule has 7 heteroatoms. The fraction of sp³-hybridized carbons (Fsp3) is 0.320. The van der Waals surface area contributed by atoms with Gasteiger partial charge in [0.1, 0.15) is 12.3 Å². The number of hydrogen-bond acceptors (Lipinski definition) is 5. The van der Waals surface area contributed by atoms with E-state index in [0.717, 1.165) is 38.0 Å². The van der Waals surface area contributed by atoms with Crippen LogP contribution in [0.2, 0.25) is 0 Å². The second-order valence-electron chi connectivity index (χ2n) is 8.05. The van der Waals surface area contributed by atoms with Gasteiger partial charge in [-0.3, -0.25) is 14.5 Å². The van der Waals surface area contributed by atoms with Gasteiger partial charge in [-0.1, -0.05) is 19.1 Å². The standard InChI is InChI=1S/C25H27N3O3S/c1-6-21-25(30)28(13-23(29)27-19-9-7-8-14(2)15(19)3)20-12-18(10-11-22(20)31-21)24-16(4)32-17(5)26-24/h7-12,21H,6,13H2,1-5H3,(H,27,29). The molecule has 0 radical (unpaired) electrons. The Hall–Kier alpha value is -3.19. The third kappa shape index (κ3) is 4.12. The number of anilines is 2. The number of thiazole rings is 1. The van der Waals surface area contributed by atoms with E-state index in [4.69, 9.17) is 4.74 Å². The van der Waals surface area contributed by atoms with Gasteiger partial charge in [-0.15, -0.1) is 11.3 Å². The molecular formula is C25H27N3O3S. The largest absolute Gasteiger partial charge is 0.478 e. The summed E-state index contributed by atoms with van der Waals surface area (Å²) in [5.41, 5.74) is 5.25. The van der Waals surface area contributed by atoms with E-state index in [9.17, 15) is 9.59 Å². The van der Waals surface area contributed by atoms with Crippen LogP contribution in [-0.4, -0.2) is 29.4 Å². The molecule has 2 aromatic carbocycles. The lowest BCUT2D eigenvalue weighted by Gasteiger charge is -2.34. The molecule has 1 aromatic heterocycles. The number of nitrogens with zero attached hydrogens (tertiary/aromatic N) is 2. The van der Waals surface area contributed by atoms with E-state index >= 15 is 0 Å². The van der Waals surface area contributed by atoms with Crippen molar-refractivity contribution in [3.05, 3.63) is 57.4 Å². The predicted octanol–water partition coefficient (Wildman–Crippen LogP) is 5.19. The van der Waals surface area contributed by atoms with Crippen molar-refractivity contribution in [1.29, 1.82) is 0 Å². The average molecular weight is 450 g/mol. The molecule has 3 aromatic rings. The number of carbonyl (C=O) groups is 2. The Morgan fingerprint density at radius 1 is 1.19 bits per heavy atom. The van der Waals surface area contributed by atoms with E-state index in [1.807, 2.05) is 71.0 Å². The molecule has 166 valence electrons. The molecule has 1 aliphatic rings. The predicted molar refractivity (Wildman–Crippen MR) is 129 cm³/mol. The minimum atomic E-state index is -0.606. The number of benzene rings is 2. The maximum absolute atomic E-state index is 13.2. The summed E-state index contributed by atoms with van der Waals surface area (Å²) in [6.07, 6.45) is -0.0791. The van der Waals surface area contributed by atoms with E-state index < -0.39 is 6.10 Å². The summed E-state index contributed by atoms with van der Waals surface area (Å²) in [7, 11) is 0. The number of amides is 2. The number of carbonyl (C=O) groups excluding carboxylic acids is 2. The van der Waals surface area contributed by atoms with Crippen molar-refractivity contribution >= 4 is 34.5 Å². The first kappa shape index (κ1) is 22.0. The van der Waals surface area contributed by atoms with E-state index in [2.05, 4.69) is 10.3 Å². The van der Waals surface area contributed by atoms with Crippen molar-refractivity contribution in [3.63, 3.8) is 0 Å². The molecule has 1 N–H and O–H groups in total. The molecule has 0 aliphatic carbocycles.